The number of carbonyl (C=O) groups is 1. The van der Waals surface area contributed by atoms with E-state index in [1.54, 1.807) is 13.2 Å². The van der Waals surface area contributed by atoms with Crippen molar-refractivity contribution in [3.05, 3.63) is 29.3 Å². The number of hydrogen-bond acceptors (Lipinski definition) is 2. The number of ether oxygens (including phenoxy) is 1. The van der Waals surface area contributed by atoms with Crippen molar-refractivity contribution in [2.45, 2.75) is 26.2 Å². The average molecular weight is 208 g/mol. The number of hydrogen-bond donors (Lipinski definition) is 1. The van der Waals surface area contributed by atoms with Crippen LogP contribution < -0.4 is 4.74 Å². The summed E-state index contributed by atoms with van der Waals surface area (Å²) in [7, 11) is 1.62. The average Bonchev–Trinajstić information content (AvgIpc) is 2.16. The molecule has 0 saturated heterocycles. The molecule has 0 unspecified atom stereocenters. The molecule has 15 heavy (non-hydrogen) atoms. The summed E-state index contributed by atoms with van der Waals surface area (Å²) in [6.45, 7) is 4.12. The molecular weight excluding hydrogens is 192 g/mol. The molecule has 3 heteroatoms. The molecule has 3 nitrogen and oxygen atoms in total. The molecule has 0 heterocycles. The monoisotopic (exact) mass is 208 g/mol. The van der Waals surface area contributed by atoms with Crippen molar-refractivity contribution in [2.24, 2.45) is 0 Å². The topological polar surface area (TPSA) is 46.5 Å². The van der Waals surface area contributed by atoms with Crippen LogP contribution in [0.4, 0.5) is 0 Å². The lowest BCUT2D eigenvalue weighted by molar-refractivity contribution is -0.136. The molecule has 1 N–H and O–H groups in total. The zero-order chi connectivity index (χ0) is 11.4. The van der Waals surface area contributed by atoms with Crippen molar-refractivity contribution in [2.75, 3.05) is 7.11 Å². The van der Waals surface area contributed by atoms with Crippen LogP contribution in [0.3, 0.4) is 0 Å². The van der Waals surface area contributed by atoms with Crippen LogP contribution in [-0.4, -0.2) is 18.2 Å². The highest BCUT2D eigenvalue weighted by Gasteiger charge is 2.09. The van der Waals surface area contributed by atoms with Crippen LogP contribution in [0.2, 0.25) is 0 Å². The lowest BCUT2D eigenvalue weighted by Gasteiger charge is -2.12. The summed E-state index contributed by atoms with van der Waals surface area (Å²) in [6, 6.07) is 5.52. The fourth-order valence-electron chi connectivity index (χ4n) is 1.52. The Morgan fingerprint density at radius 3 is 2.60 bits per heavy atom. The molecule has 0 atom stereocenters. The highest BCUT2D eigenvalue weighted by molar-refractivity contribution is 5.70. The lowest BCUT2D eigenvalue weighted by Crippen LogP contribution is -2.02. The van der Waals surface area contributed by atoms with E-state index in [4.69, 9.17) is 9.84 Å². The van der Waals surface area contributed by atoms with Gasteiger partial charge in [-0.1, -0.05) is 26.0 Å². The molecular formula is C12H16O3. The van der Waals surface area contributed by atoms with Gasteiger partial charge >= 0.3 is 5.97 Å². The minimum atomic E-state index is -0.810. The van der Waals surface area contributed by atoms with Gasteiger partial charge in [-0.05, 0) is 23.1 Å². The number of benzene rings is 1. The summed E-state index contributed by atoms with van der Waals surface area (Å²) < 4.78 is 5.22. The predicted molar refractivity (Wildman–Crippen MR) is 58.4 cm³/mol. The molecule has 0 bridgehead atoms. The van der Waals surface area contributed by atoms with Gasteiger partial charge in [-0.3, -0.25) is 4.79 Å². The van der Waals surface area contributed by atoms with Crippen molar-refractivity contribution < 1.29 is 14.6 Å². The standard InChI is InChI=1S/C12H16O3/c1-8(2)10-6-9(7-12(13)14)4-5-11(10)15-3/h4-6,8H,7H2,1-3H3,(H,13,14). The summed E-state index contributed by atoms with van der Waals surface area (Å²) >= 11 is 0. The van der Waals surface area contributed by atoms with Gasteiger partial charge in [0.15, 0.2) is 0 Å². The number of carboxylic acid groups (broad SMARTS) is 1. The van der Waals surface area contributed by atoms with Gasteiger partial charge in [0, 0.05) is 0 Å². The Hall–Kier alpha value is -1.51. The SMILES string of the molecule is COc1ccc(CC(=O)O)cc1C(C)C. The molecule has 0 aliphatic heterocycles. The summed E-state index contributed by atoms with van der Waals surface area (Å²) in [5.41, 5.74) is 1.86. The van der Waals surface area contributed by atoms with Gasteiger partial charge in [0.25, 0.3) is 0 Å². The molecule has 0 aliphatic carbocycles. The summed E-state index contributed by atoms with van der Waals surface area (Å²) in [4.78, 5) is 10.6. The minimum absolute atomic E-state index is 0.0592. The van der Waals surface area contributed by atoms with Crippen LogP contribution in [0, 0.1) is 0 Å². The maximum atomic E-state index is 10.6. The highest BCUT2D eigenvalue weighted by atomic mass is 16.5. The molecule has 0 aliphatic rings. The molecule has 1 aromatic rings. The van der Waals surface area contributed by atoms with E-state index in [1.807, 2.05) is 12.1 Å². The van der Waals surface area contributed by atoms with Crippen molar-refractivity contribution >= 4 is 5.97 Å². The summed E-state index contributed by atoms with van der Waals surface area (Å²) in [5, 5.41) is 8.69. The molecule has 1 aromatic carbocycles. The number of methoxy groups -OCH3 is 1. The van der Waals surface area contributed by atoms with Crippen LogP contribution in [0.25, 0.3) is 0 Å². The Morgan fingerprint density at radius 1 is 1.47 bits per heavy atom. The van der Waals surface area contributed by atoms with Crippen molar-refractivity contribution in [3.8, 4) is 5.75 Å². The molecule has 0 aromatic heterocycles. The summed E-state index contributed by atoms with van der Waals surface area (Å²) in [5.74, 6) is 0.336. The van der Waals surface area contributed by atoms with Crippen molar-refractivity contribution in [3.63, 3.8) is 0 Å². The van der Waals surface area contributed by atoms with Gasteiger partial charge in [0.05, 0.1) is 13.5 Å². The minimum Gasteiger partial charge on any atom is -0.496 e. The molecule has 0 fully saturated rings. The maximum absolute atomic E-state index is 10.6. The smallest absolute Gasteiger partial charge is 0.307 e. The zero-order valence-electron chi connectivity index (χ0n) is 9.28. The van der Waals surface area contributed by atoms with E-state index >= 15 is 0 Å². The van der Waals surface area contributed by atoms with Gasteiger partial charge in [-0.25, -0.2) is 0 Å². The predicted octanol–water partition coefficient (Wildman–Crippen LogP) is 2.45. The van der Waals surface area contributed by atoms with E-state index in [-0.39, 0.29) is 6.42 Å². The van der Waals surface area contributed by atoms with Gasteiger partial charge < -0.3 is 9.84 Å². The van der Waals surface area contributed by atoms with Crippen molar-refractivity contribution in [1.29, 1.82) is 0 Å². The van der Waals surface area contributed by atoms with Crippen LogP contribution >= 0.6 is 0 Å². The fraction of sp³-hybridized carbons (Fsp3) is 0.417. The van der Waals surface area contributed by atoms with E-state index in [9.17, 15) is 4.79 Å². The molecule has 0 amide bonds. The first kappa shape index (κ1) is 11.6. The normalized spacial score (nSPS) is 10.4. The van der Waals surface area contributed by atoms with Gasteiger partial charge in [-0.15, -0.1) is 0 Å². The Labute approximate surface area is 89.7 Å². The molecule has 82 valence electrons. The number of aliphatic carboxylic acids is 1. The second-order valence-corrected chi connectivity index (χ2v) is 3.80. The first-order valence-corrected chi connectivity index (χ1v) is 4.93. The van der Waals surface area contributed by atoms with Crippen LogP contribution in [0.1, 0.15) is 30.9 Å². The summed E-state index contributed by atoms with van der Waals surface area (Å²) in [6.07, 6.45) is 0.0592. The quantitative estimate of drug-likeness (QED) is 0.826. The number of carboxylic acids is 1. The third-order valence-electron chi connectivity index (χ3n) is 2.27. The first-order chi connectivity index (χ1) is 7.04. The number of rotatable bonds is 4. The zero-order valence-corrected chi connectivity index (χ0v) is 9.28. The Bertz CT molecular complexity index is 356. The van der Waals surface area contributed by atoms with E-state index in [0.29, 0.717) is 5.92 Å². The molecule has 0 saturated carbocycles. The second kappa shape index (κ2) is 4.82. The van der Waals surface area contributed by atoms with E-state index < -0.39 is 5.97 Å². The Balaban J connectivity index is 3.04. The second-order valence-electron chi connectivity index (χ2n) is 3.80. The van der Waals surface area contributed by atoms with Gasteiger partial charge in [0.2, 0.25) is 0 Å². The van der Waals surface area contributed by atoms with Crippen LogP contribution in [0.15, 0.2) is 18.2 Å². The first-order valence-electron chi connectivity index (χ1n) is 4.93. The van der Waals surface area contributed by atoms with E-state index in [2.05, 4.69) is 13.8 Å². The Morgan fingerprint density at radius 2 is 2.13 bits per heavy atom. The lowest BCUT2D eigenvalue weighted by atomic mass is 9.98. The highest BCUT2D eigenvalue weighted by Crippen LogP contribution is 2.27. The molecule has 1 rings (SSSR count). The largest absolute Gasteiger partial charge is 0.496 e. The van der Waals surface area contributed by atoms with Crippen LogP contribution in [-0.2, 0) is 11.2 Å². The third-order valence-corrected chi connectivity index (χ3v) is 2.27. The fourth-order valence-corrected chi connectivity index (χ4v) is 1.52. The third kappa shape index (κ3) is 2.98. The molecule has 0 spiro atoms. The van der Waals surface area contributed by atoms with Crippen molar-refractivity contribution in [1.82, 2.24) is 0 Å². The molecule has 0 radical (unpaired) electrons. The van der Waals surface area contributed by atoms with Crippen LogP contribution in [0.5, 0.6) is 5.75 Å². The van der Waals surface area contributed by atoms with E-state index in [0.717, 1.165) is 16.9 Å². The Kier molecular flexibility index (Phi) is 3.72. The van der Waals surface area contributed by atoms with E-state index in [1.165, 1.54) is 0 Å². The van der Waals surface area contributed by atoms with Gasteiger partial charge in [-0.2, -0.15) is 0 Å². The maximum Gasteiger partial charge on any atom is 0.307 e. The van der Waals surface area contributed by atoms with Gasteiger partial charge in [0.1, 0.15) is 5.75 Å².